The van der Waals surface area contributed by atoms with Gasteiger partial charge in [0, 0.05) is 48.6 Å². The molecule has 0 amide bonds. The number of anilines is 1. The summed E-state index contributed by atoms with van der Waals surface area (Å²) in [5.41, 5.74) is 1.27. The summed E-state index contributed by atoms with van der Waals surface area (Å²) in [6.45, 7) is 1.36. The van der Waals surface area contributed by atoms with Gasteiger partial charge in [0.1, 0.15) is 11.4 Å². The summed E-state index contributed by atoms with van der Waals surface area (Å²) in [6, 6.07) is 15.2. The molecule has 8 nitrogen and oxygen atoms in total. The first-order chi connectivity index (χ1) is 15.4. The highest BCUT2D eigenvalue weighted by atomic mass is 35.5. The van der Waals surface area contributed by atoms with E-state index >= 15 is 0 Å². The molecule has 3 heterocycles. The summed E-state index contributed by atoms with van der Waals surface area (Å²) >= 11 is 6.02. The molecule has 1 fully saturated rings. The van der Waals surface area contributed by atoms with Crippen LogP contribution in [0.4, 0.5) is 11.5 Å². The van der Waals surface area contributed by atoms with Crippen molar-refractivity contribution in [2.24, 2.45) is 0 Å². The summed E-state index contributed by atoms with van der Waals surface area (Å²) in [6.07, 6.45) is 1.72. The van der Waals surface area contributed by atoms with Crippen LogP contribution in [0.2, 0.25) is 5.02 Å². The lowest BCUT2D eigenvalue weighted by Crippen LogP contribution is -2.51. The lowest BCUT2D eigenvalue weighted by atomic mass is 9.82. The number of nitro benzene ring substituents is 1. The van der Waals surface area contributed by atoms with Gasteiger partial charge in [-0.25, -0.2) is 0 Å². The van der Waals surface area contributed by atoms with E-state index in [1.54, 1.807) is 30.3 Å². The van der Waals surface area contributed by atoms with Crippen molar-refractivity contribution in [3.05, 3.63) is 75.3 Å². The molecular formula is C23H19ClN4O4. The minimum atomic E-state index is -0.509. The molecule has 2 aliphatic rings. The number of non-ortho nitro benzene ring substituents is 1. The van der Waals surface area contributed by atoms with Crippen molar-refractivity contribution in [1.29, 1.82) is 0 Å². The number of aromatic nitrogens is 2. The van der Waals surface area contributed by atoms with Crippen molar-refractivity contribution in [3.8, 4) is 17.0 Å². The predicted molar refractivity (Wildman–Crippen MR) is 119 cm³/mol. The van der Waals surface area contributed by atoms with E-state index in [0.717, 1.165) is 5.82 Å². The number of hydrogen-bond donors (Lipinski definition) is 0. The number of piperidine rings is 1. The van der Waals surface area contributed by atoms with Crippen molar-refractivity contribution < 1.29 is 14.5 Å². The fourth-order valence-corrected chi connectivity index (χ4v) is 4.49. The van der Waals surface area contributed by atoms with Crippen LogP contribution in [0.15, 0.2) is 54.6 Å². The van der Waals surface area contributed by atoms with E-state index in [2.05, 4.69) is 15.1 Å². The van der Waals surface area contributed by atoms with Crippen LogP contribution in [0.5, 0.6) is 5.75 Å². The molecule has 162 valence electrons. The van der Waals surface area contributed by atoms with Crippen molar-refractivity contribution >= 4 is 28.9 Å². The number of ketones is 1. The van der Waals surface area contributed by atoms with Crippen LogP contribution in [0.25, 0.3) is 11.3 Å². The van der Waals surface area contributed by atoms with Crippen LogP contribution in [0, 0.1) is 10.1 Å². The van der Waals surface area contributed by atoms with Gasteiger partial charge < -0.3 is 9.64 Å². The van der Waals surface area contributed by atoms with E-state index < -0.39 is 10.5 Å². The molecule has 0 aliphatic carbocycles. The van der Waals surface area contributed by atoms with E-state index in [4.69, 9.17) is 16.3 Å². The Kier molecular flexibility index (Phi) is 5.01. The quantitative estimate of drug-likeness (QED) is 0.421. The van der Waals surface area contributed by atoms with E-state index in [1.807, 2.05) is 12.1 Å². The van der Waals surface area contributed by atoms with E-state index in [9.17, 15) is 14.9 Å². The average molecular weight is 451 g/mol. The molecule has 0 unspecified atom stereocenters. The van der Waals surface area contributed by atoms with Crippen LogP contribution in [-0.2, 0) is 0 Å². The molecular weight excluding hydrogens is 432 g/mol. The second kappa shape index (κ2) is 7.87. The number of Topliss-reactive ketones (excluding diaryl/α,β-unsaturated/α-hetero) is 1. The summed E-state index contributed by atoms with van der Waals surface area (Å²) in [5.74, 6) is 1.38. The molecule has 0 bridgehead atoms. The van der Waals surface area contributed by atoms with Gasteiger partial charge in [0.15, 0.2) is 11.6 Å². The molecule has 32 heavy (non-hydrogen) atoms. The molecule has 3 aromatic rings. The number of rotatable bonds is 3. The van der Waals surface area contributed by atoms with Gasteiger partial charge in [-0.2, -0.15) is 0 Å². The summed E-state index contributed by atoms with van der Waals surface area (Å²) in [5, 5.41) is 20.1. The molecule has 0 atom stereocenters. The second-order valence-corrected chi connectivity index (χ2v) is 8.53. The molecule has 2 aromatic carbocycles. The van der Waals surface area contributed by atoms with Crippen molar-refractivity contribution in [2.45, 2.75) is 24.9 Å². The zero-order chi connectivity index (χ0) is 22.3. The second-order valence-electron chi connectivity index (χ2n) is 8.10. The van der Waals surface area contributed by atoms with E-state index in [0.29, 0.717) is 59.9 Å². The molecule has 0 saturated carbocycles. The molecule has 1 aromatic heterocycles. The number of nitro groups is 1. The third-order valence-electron chi connectivity index (χ3n) is 6.05. The Hall–Kier alpha value is -3.52. The Morgan fingerprint density at radius 2 is 1.88 bits per heavy atom. The first-order valence-electron chi connectivity index (χ1n) is 10.3. The third-order valence-corrected chi connectivity index (χ3v) is 6.29. The lowest BCUT2D eigenvalue weighted by Gasteiger charge is -2.44. The normalized spacial score (nSPS) is 17.0. The number of halogens is 1. The fraction of sp³-hybridized carbons (Fsp3) is 0.261. The number of nitrogens with zero attached hydrogens (tertiary/aromatic N) is 4. The van der Waals surface area contributed by atoms with Crippen molar-refractivity contribution in [2.75, 3.05) is 18.0 Å². The first kappa shape index (κ1) is 20.4. The topological polar surface area (TPSA) is 98.5 Å². The summed E-state index contributed by atoms with van der Waals surface area (Å²) < 4.78 is 6.28. The van der Waals surface area contributed by atoms with Gasteiger partial charge >= 0.3 is 0 Å². The Morgan fingerprint density at radius 3 is 2.59 bits per heavy atom. The highest BCUT2D eigenvalue weighted by Crippen LogP contribution is 2.40. The lowest BCUT2D eigenvalue weighted by molar-refractivity contribution is -0.384. The average Bonchev–Trinajstić information content (AvgIpc) is 2.80. The maximum absolute atomic E-state index is 12.7. The van der Waals surface area contributed by atoms with Gasteiger partial charge in [-0.15, -0.1) is 10.2 Å². The number of fused-ring (bicyclic) bond motifs is 1. The highest BCUT2D eigenvalue weighted by Gasteiger charge is 2.43. The van der Waals surface area contributed by atoms with Crippen molar-refractivity contribution in [1.82, 2.24) is 10.2 Å². The first-order valence-corrected chi connectivity index (χ1v) is 10.7. The van der Waals surface area contributed by atoms with Gasteiger partial charge in [-0.1, -0.05) is 23.7 Å². The van der Waals surface area contributed by atoms with Gasteiger partial charge in [0.2, 0.25) is 0 Å². The zero-order valence-corrected chi connectivity index (χ0v) is 17.8. The van der Waals surface area contributed by atoms with E-state index in [1.165, 1.54) is 12.1 Å². The number of carbonyl (C=O) groups is 1. The van der Waals surface area contributed by atoms with Crippen LogP contribution in [-0.4, -0.2) is 39.6 Å². The largest absolute Gasteiger partial charge is 0.486 e. The maximum atomic E-state index is 12.7. The molecule has 5 rings (SSSR count). The van der Waals surface area contributed by atoms with Crippen LogP contribution >= 0.6 is 11.6 Å². The number of ether oxygens (including phenoxy) is 1. The fourth-order valence-electron chi connectivity index (χ4n) is 4.32. The molecule has 1 spiro atoms. The highest BCUT2D eigenvalue weighted by molar-refractivity contribution is 6.31. The maximum Gasteiger partial charge on any atom is 0.270 e. The van der Waals surface area contributed by atoms with Crippen LogP contribution in [0.1, 0.15) is 29.6 Å². The molecule has 1 saturated heterocycles. The molecule has 0 N–H and O–H groups in total. The third kappa shape index (κ3) is 3.78. The zero-order valence-electron chi connectivity index (χ0n) is 17.0. The summed E-state index contributed by atoms with van der Waals surface area (Å²) in [7, 11) is 0. The van der Waals surface area contributed by atoms with Crippen molar-refractivity contribution in [3.63, 3.8) is 0 Å². The standard InChI is InChI=1S/C23H19ClN4O4/c24-16-4-6-21-18(13-16)20(29)14-23(32-21)8-10-27(11-9-23)22-7-5-19(25-26-22)15-2-1-3-17(12-15)28(30)31/h1-7,12-13H,8-11,14H2. The van der Waals surface area contributed by atoms with Gasteiger partial charge in [-0.05, 0) is 30.3 Å². The number of hydrogen-bond acceptors (Lipinski definition) is 7. The van der Waals surface area contributed by atoms with Crippen LogP contribution in [0.3, 0.4) is 0 Å². The Bertz CT molecular complexity index is 1210. The Balaban J connectivity index is 1.29. The minimum absolute atomic E-state index is 0.0144. The smallest absolute Gasteiger partial charge is 0.270 e. The monoisotopic (exact) mass is 450 g/mol. The van der Waals surface area contributed by atoms with Gasteiger partial charge in [-0.3, -0.25) is 14.9 Å². The van der Waals surface area contributed by atoms with E-state index in [-0.39, 0.29) is 11.5 Å². The Morgan fingerprint density at radius 1 is 1.06 bits per heavy atom. The van der Waals surface area contributed by atoms with Gasteiger partial charge in [0.05, 0.1) is 22.6 Å². The molecule has 0 radical (unpaired) electrons. The number of benzene rings is 2. The van der Waals surface area contributed by atoms with Crippen LogP contribution < -0.4 is 9.64 Å². The molecule has 9 heteroatoms. The summed E-state index contributed by atoms with van der Waals surface area (Å²) in [4.78, 5) is 25.4. The Labute approximate surface area is 188 Å². The predicted octanol–water partition coefficient (Wildman–Crippen LogP) is 4.71. The minimum Gasteiger partial charge on any atom is -0.486 e. The number of carbonyl (C=O) groups excluding carboxylic acids is 1. The SMILES string of the molecule is O=C1CC2(CCN(c3ccc(-c4cccc([N+](=O)[O-])c4)nn3)CC2)Oc2ccc(Cl)cc21. The van der Waals surface area contributed by atoms with Gasteiger partial charge in [0.25, 0.3) is 5.69 Å². The molecule has 2 aliphatic heterocycles.